The number of carboxylic acids is 1. The number of aryl methyl sites for hydroxylation is 1. The molecule has 1 aromatic heterocycles. The molecule has 2 rings (SSSR count). The van der Waals surface area contributed by atoms with E-state index in [1.165, 1.54) is 18.0 Å². The molecule has 0 saturated heterocycles. The molecule has 94 valence electrons. The Morgan fingerprint density at radius 1 is 1.50 bits per heavy atom. The summed E-state index contributed by atoms with van der Waals surface area (Å²) in [7, 11) is 3.17. The lowest BCUT2D eigenvalue weighted by Gasteiger charge is -2.05. The molecular weight excluding hydrogens is 256 g/mol. The molecule has 18 heavy (non-hydrogen) atoms. The van der Waals surface area contributed by atoms with Gasteiger partial charge in [0.25, 0.3) is 0 Å². The molecular formula is C12H11ClN2O3. The molecule has 1 aromatic carbocycles. The summed E-state index contributed by atoms with van der Waals surface area (Å²) in [5.41, 5.74) is 1.18. The smallest absolute Gasteiger partial charge is 0.339 e. The van der Waals surface area contributed by atoms with E-state index in [1.807, 2.05) is 0 Å². The first-order chi connectivity index (χ1) is 8.52. The quantitative estimate of drug-likeness (QED) is 0.927. The van der Waals surface area contributed by atoms with Crippen molar-refractivity contribution in [1.82, 2.24) is 9.78 Å². The highest BCUT2D eigenvalue weighted by Gasteiger charge is 2.17. The number of carbonyl (C=O) groups is 1. The normalized spacial score (nSPS) is 10.4. The van der Waals surface area contributed by atoms with Gasteiger partial charge in [-0.3, -0.25) is 4.68 Å². The van der Waals surface area contributed by atoms with Crippen molar-refractivity contribution in [2.24, 2.45) is 7.05 Å². The molecule has 5 nitrogen and oxygen atoms in total. The maximum absolute atomic E-state index is 11.1. The Hall–Kier alpha value is -2.01. The minimum atomic E-state index is -1.02. The Bertz CT molecular complexity index is 607. The number of methoxy groups -OCH3 is 1. The molecule has 0 atom stereocenters. The predicted octanol–water partition coefficient (Wildman–Crippen LogP) is 2.45. The number of hydrogen-bond donors (Lipinski definition) is 1. The number of aromatic nitrogens is 2. The number of rotatable bonds is 3. The molecule has 0 amide bonds. The summed E-state index contributed by atoms with van der Waals surface area (Å²) in [6.45, 7) is 0. The maximum atomic E-state index is 11.1. The third-order valence-electron chi connectivity index (χ3n) is 2.48. The highest BCUT2D eigenvalue weighted by Crippen LogP contribution is 2.31. The largest absolute Gasteiger partial charge is 0.495 e. The fraction of sp³-hybridized carbons (Fsp3) is 0.167. The monoisotopic (exact) mass is 266 g/mol. The maximum Gasteiger partial charge on any atom is 0.339 e. The number of ether oxygens (including phenoxy) is 1. The molecule has 0 fully saturated rings. The van der Waals surface area contributed by atoms with E-state index >= 15 is 0 Å². The van der Waals surface area contributed by atoms with Gasteiger partial charge >= 0.3 is 5.97 Å². The lowest BCUT2D eigenvalue weighted by atomic mass is 10.1. The van der Waals surface area contributed by atoms with Crippen molar-refractivity contribution in [3.63, 3.8) is 0 Å². The number of halogens is 1. The number of nitrogens with zero attached hydrogens (tertiary/aromatic N) is 2. The van der Waals surface area contributed by atoms with Crippen LogP contribution in [0.4, 0.5) is 0 Å². The first-order valence-corrected chi connectivity index (χ1v) is 5.51. The van der Waals surface area contributed by atoms with Crippen molar-refractivity contribution >= 4 is 17.6 Å². The van der Waals surface area contributed by atoms with Crippen LogP contribution in [0.2, 0.25) is 5.02 Å². The molecule has 0 radical (unpaired) electrons. The van der Waals surface area contributed by atoms with E-state index in [4.69, 9.17) is 21.4 Å². The molecule has 0 unspecified atom stereocenters. The van der Waals surface area contributed by atoms with E-state index in [0.717, 1.165) is 0 Å². The van der Waals surface area contributed by atoms with Crippen LogP contribution in [-0.4, -0.2) is 28.0 Å². The molecule has 6 heteroatoms. The number of hydrogen-bond acceptors (Lipinski definition) is 3. The van der Waals surface area contributed by atoms with E-state index in [1.54, 1.807) is 25.2 Å². The van der Waals surface area contributed by atoms with Crippen LogP contribution in [0.5, 0.6) is 5.75 Å². The van der Waals surface area contributed by atoms with E-state index in [2.05, 4.69) is 5.10 Å². The zero-order valence-electron chi connectivity index (χ0n) is 9.85. The summed E-state index contributed by atoms with van der Waals surface area (Å²) >= 11 is 5.92. The van der Waals surface area contributed by atoms with Crippen LogP contribution in [0.15, 0.2) is 24.4 Å². The fourth-order valence-corrected chi connectivity index (χ4v) is 1.86. The Labute approximate surface area is 109 Å². The SMILES string of the molecule is COc1cc(-c2nn(C)cc2C(=O)O)ccc1Cl. The van der Waals surface area contributed by atoms with Gasteiger partial charge in [0.15, 0.2) is 0 Å². The lowest BCUT2D eigenvalue weighted by molar-refractivity contribution is 0.0697. The first kappa shape index (κ1) is 12.4. The van der Waals surface area contributed by atoms with Gasteiger partial charge in [0, 0.05) is 18.8 Å². The van der Waals surface area contributed by atoms with Crippen LogP contribution in [0.3, 0.4) is 0 Å². The van der Waals surface area contributed by atoms with Crippen molar-refractivity contribution < 1.29 is 14.6 Å². The highest BCUT2D eigenvalue weighted by atomic mass is 35.5. The molecule has 2 aromatic rings. The minimum Gasteiger partial charge on any atom is -0.495 e. The predicted molar refractivity (Wildman–Crippen MR) is 67.2 cm³/mol. The van der Waals surface area contributed by atoms with Crippen LogP contribution in [0.1, 0.15) is 10.4 Å². The molecule has 0 saturated carbocycles. The average Bonchev–Trinajstić information content (AvgIpc) is 2.72. The summed E-state index contributed by atoms with van der Waals surface area (Å²) < 4.78 is 6.56. The minimum absolute atomic E-state index is 0.141. The van der Waals surface area contributed by atoms with Crippen LogP contribution in [0.25, 0.3) is 11.3 Å². The van der Waals surface area contributed by atoms with Gasteiger partial charge in [-0.25, -0.2) is 4.79 Å². The number of benzene rings is 1. The van der Waals surface area contributed by atoms with E-state index in [0.29, 0.717) is 22.0 Å². The van der Waals surface area contributed by atoms with Crippen LogP contribution in [-0.2, 0) is 7.05 Å². The molecule has 1 heterocycles. The van der Waals surface area contributed by atoms with Gasteiger partial charge in [-0.05, 0) is 12.1 Å². The van der Waals surface area contributed by atoms with Gasteiger partial charge in [-0.1, -0.05) is 17.7 Å². The zero-order valence-corrected chi connectivity index (χ0v) is 10.6. The molecule has 0 aliphatic rings. The lowest BCUT2D eigenvalue weighted by Crippen LogP contribution is -1.97. The summed E-state index contributed by atoms with van der Waals surface area (Å²) in [6.07, 6.45) is 1.46. The average molecular weight is 267 g/mol. The molecule has 0 bridgehead atoms. The summed E-state index contributed by atoms with van der Waals surface area (Å²) in [5, 5.41) is 13.7. The summed E-state index contributed by atoms with van der Waals surface area (Å²) in [6, 6.07) is 5.02. The third kappa shape index (κ3) is 2.17. The van der Waals surface area contributed by atoms with Gasteiger partial charge in [0.1, 0.15) is 17.0 Å². The summed E-state index contributed by atoms with van der Waals surface area (Å²) in [5.74, 6) is -0.539. The number of carboxylic acid groups (broad SMARTS) is 1. The van der Waals surface area contributed by atoms with E-state index in [-0.39, 0.29) is 5.56 Å². The van der Waals surface area contributed by atoms with Crippen molar-refractivity contribution in [3.05, 3.63) is 35.0 Å². The topological polar surface area (TPSA) is 64.4 Å². The Balaban J connectivity index is 2.58. The second-order valence-corrected chi connectivity index (χ2v) is 4.13. The van der Waals surface area contributed by atoms with Gasteiger partial charge in [0.2, 0.25) is 0 Å². The van der Waals surface area contributed by atoms with E-state index < -0.39 is 5.97 Å². The first-order valence-electron chi connectivity index (χ1n) is 5.13. The van der Waals surface area contributed by atoms with Crippen molar-refractivity contribution in [2.75, 3.05) is 7.11 Å². The van der Waals surface area contributed by atoms with Gasteiger partial charge in [0.05, 0.1) is 12.1 Å². The standard InChI is InChI=1S/C12H11ClN2O3/c1-15-6-8(12(16)17)11(14-15)7-3-4-9(13)10(5-7)18-2/h3-6H,1-2H3,(H,16,17). The molecule has 0 spiro atoms. The van der Waals surface area contributed by atoms with Crippen LogP contribution in [0, 0.1) is 0 Å². The van der Waals surface area contributed by atoms with Crippen molar-refractivity contribution in [2.45, 2.75) is 0 Å². The third-order valence-corrected chi connectivity index (χ3v) is 2.80. The van der Waals surface area contributed by atoms with Crippen LogP contribution < -0.4 is 4.74 Å². The Morgan fingerprint density at radius 3 is 2.83 bits per heavy atom. The second kappa shape index (κ2) is 4.70. The van der Waals surface area contributed by atoms with Gasteiger partial charge < -0.3 is 9.84 Å². The van der Waals surface area contributed by atoms with Crippen molar-refractivity contribution in [3.8, 4) is 17.0 Å². The Morgan fingerprint density at radius 2 is 2.22 bits per heavy atom. The highest BCUT2D eigenvalue weighted by molar-refractivity contribution is 6.32. The molecule has 0 aliphatic heterocycles. The fourth-order valence-electron chi connectivity index (χ4n) is 1.67. The summed E-state index contributed by atoms with van der Waals surface area (Å²) in [4.78, 5) is 11.1. The molecule has 0 aliphatic carbocycles. The zero-order chi connectivity index (χ0) is 13.3. The molecule has 1 N–H and O–H groups in total. The van der Waals surface area contributed by atoms with Crippen molar-refractivity contribution in [1.29, 1.82) is 0 Å². The van der Waals surface area contributed by atoms with Crippen LogP contribution >= 0.6 is 11.6 Å². The second-order valence-electron chi connectivity index (χ2n) is 3.72. The Kier molecular flexibility index (Phi) is 3.25. The van der Waals surface area contributed by atoms with Gasteiger partial charge in [-0.2, -0.15) is 5.10 Å². The number of aromatic carboxylic acids is 1. The van der Waals surface area contributed by atoms with Gasteiger partial charge in [-0.15, -0.1) is 0 Å². The van der Waals surface area contributed by atoms with E-state index in [9.17, 15) is 4.79 Å².